The van der Waals surface area contributed by atoms with Gasteiger partial charge in [0.05, 0.1) is 17.6 Å². The second kappa shape index (κ2) is 5.28. The number of hydrogen-bond acceptors (Lipinski definition) is 5. The first-order chi connectivity index (χ1) is 8.58. The lowest BCUT2D eigenvalue weighted by molar-refractivity contribution is 0.295. The molecule has 1 heterocycles. The summed E-state index contributed by atoms with van der Waals surface area (Å²) in [5.74, 6) is 0.966. The SMILES string of the molecule is Cn1nnc(COc2cccc(Cl)c2C(N)=S)n1. The molecule has 8 heteroatoms. The van der Waals surface area contributed by atoms with Gasteiger partial charge >= 0.3 is 0 Å². The summed E-state index contributed by atoms with van der Waals surface area (Å²) >= 11 is 11.0. The van der Waals surface area contributed by atoms with Crippen LogP contribution in [0.1, 0.15) is 11.4 Å². The lowest BCUT2D eigenvalue weighted by Crippen LogP contribution is -2.12. The molecule has 18 heavy (non-hydrogen) atoms. The van der Waals surface area contributed by atoms with Gasteiger partial charge in [-0.25, -0.2) is 0 Å². The van der Waals surface area contributed by atoms with Gasteiger partial charge < -0.3 is 10.5 Å². The molecule has 0 aliphatic rings. The number of thiocarbonyl (C=S) groups is 1. The average molecular weight is 284 g/mol. The molecule has 0 fully saturated rings. The van der Waals surface area contributed by atoms with Gasteiger partial charge in [-0.05, 0) is 17.3 Å². The van der Waals surface area contributed by atoms with E-state index in [1.807, 2.05) is 0 Å². The second-order valence-corrected chi connectivity index (χ2v) is 4.31. The van der Waals surface area contributed by atoms with Crippen LogP contribution < -0.4 is 10.5 Å². The van der Waals surface area contributed by atoms with Crippen LogP contribution in [0, 0.1) is 0 Å². The van der Waals surface area contributed by atoms with E-state index in [1.54, 1.807) is 25.2 Å². The largest absolute Gasteiger partial charge is 0.485 e. The van der Waals surface area contributed by atoms with Crippen molar-refractivity contribution in [2.24, 2.45) is 12.8 Å². The van der Waals surface area contributed by atoms with Gasteiger partial charge in [0.25, 0.3) is 0 Å². The van der Waals surface area contributed by atoms with Crippen LogP contribution in [0.4, 0.5) is 0 Å². The number of hydrogen-bond donors (Lipinski definition) is 1. The molecule has 94 valence electrons. The Labute approximate surface area is 114 Å². The number of aryl methyl sites for hydroxylation is 1. The number of rotatable bonds is 4. The van der Waals surface area contributed by atoms with Crippen LogP contribution in [0.3, 0.4) is 0 Å². The minimum Gasteiger partial charge on any atom is -0.485 e. The quantitative estimate of drug-likeness (QED) is 0.846. The van der Waals surface area contributed by atoms with Crippen molar-refractivity contribution in [3.63, 3.8) is 0 Å². The number of aromatic nitrogens is 4. The fraction of sp³-hybridized carbons (Fsp3) is 0.200. The monoisotopic (exact) mass is 283 g/mol. The highest BCUT2D eigenvalue weighted by Crippen LogP contribution is 2.26. The zero-order valence-electron chi connectivity index (χ0n) is 9.50. The summed E-state index contributed by atoms with van der Waals surface area (Å²) in [6.07, 6.45) is 0. The summed E-state index contributed by atoms with van der Waals surface area (Å²) in [7, 11) is 1.68. The van der Waals surface area contributed by atoms with E-state index in [0.717, 1.165) is 0 Å². The Balaban J connectivity index is 2.19. The Kier molecular flexibility index (Phi) is 3.73. The van der Waals surface area contributed by atoms with Gasteiger partial charge in [-0.2, -0.15) is 4.80 Å². The topological polar surface area (TPSA) is 78.8 Å². The third kappa shape index (κ3) is 2.74. The van der Waals surface area contributed by atoms with Gasteiger partial charge in [0.2, 0.25) is 5.82 Å². The first-order valence-electron chi connectivity index (χ1n) is 5.02. The van der Waals surface area contributed by atoms with Crippen molar-refractivity contribution in [1.82, 2.24) is 20.2 Å². The molecular weight excluding hydrogens is 274 g/mol. The first-order valence-corrected chi connectivity index (χ1v) is 5.80. The Morgan fingerprint density at radius 1 is 1.56 bits per heavy atom. The molecule has 0 spiro atoms. The smallest absolute Gasteiger partial charge is 0.212 e. The molecule has 1 aromatic heterocycles. The summed E-state index contributed by atoms with van der Waals surface area (Å²) in [5.41, 5.74) is 6.12. The third-order valence-electron chi connectivity index (χ3n) is 2.13. The lowest BCUT2D eigenvalue weighted by Gasteiger charge is -2.10. The summed E-state index contributed by atoms with van der Waals surface area (Å²) < 4.78 is 5.55. The fourth-order valence-corrected chi connectivity index (χ4v) is 1.92. The highest BCUT2D eigenvalue weighted by molar-refractivity contribution is 7.80. The number of benzene rings is 1. The zero-order chi connectivity index (χ0) is 13.1. The Morgan fingerprint density at radius 2 is 2.33 bits per heavy atom. The van der Waals surface area contributed by atoms with Gasteiger partial charge in [-0.3, -0.25) is 0 Å². The van der Waals surface area contributed by atoms with Gasteiger partial charge in [-0.1, -0.05) is 29.9 Å². The minimum atomic E-state index is 0.170. The minimum absolute atomic E-state index is 0.170. The highest BCUT2D eigenvalue weighted by atomic mass is 35.5. The maximum Gasteiger partial charge on any atom is 0.212 e. The van der Waals surface area contributed by atoms with E-state index in [2.05, 4.69) is 15.4 Å². The van der Waals surface area contributed by atoms with Crippen molar-refractivity contribution in [3.8, 4) is 5.75 Å². The zero-order valence-corrected chi connectivity index (χ0v) is 11.1. The van der Waals surface area contributed by atoms with Crippen molar-refractivity contribution in [1.29, 1.82) is 0 Å². The molecule has 0 saturated carbocycles. The first kappa shape index (κ1) is 12.7. The van der Waals surface area contributed by atoms with Crippen LogP contribution in [0.15, 0.2) is 18.2 Å². The molecule has 1 aromatic carbocycles. The Bertz CT molecular complexity index is 585. The highest BCUT2D eigenvalue weighted by Gasteiger charge is 2.12. The molecule has 0 aliphatic heterocycles. The van der Waals surface area contributed by atoms with Gasteiger partial charge in [0.1, 0.15) is 10.7 Å². The summed E-state index contributed by atoms with van der Waals surface area (Å²) in [6.45, 7) is 0.170. The van der Waals surface area contributed by atoms with E-state index in [4.69, 9.17) is 34.3 Å². The van der Waals surface area contributed by atoms with E-state index in [9.17, 15) is 0 Å². The summed E-state index contributed by atoms with van der Waals surface area (Å²) in [5, 5.41) is 12.0. The molecule has 0 radical (unpaired) electrons. The molecule has 0 saturated heterocycles. The maximum absolute atomic E-state index is 6.02. The van der Waals surface area contributed by atoms with Crippen molar-refractivity contribution in [2.75, 3.05) is 0 Å². The number of ether oxygens (including phenoxy) is 1. The molecule has 0 amide bonds. The van der Waals surface area contributed by atoms with Crippen LogP contribution in [0.2, 0.25) is 5.02 Å². The second-order valence-electron chi connectivity index (χ2n) is 3.46. The molecule has 6 nitrogen and oxygen atoms in total. The normalized spacial score (nSPS) is 10.3. The van der Waals surface area contributed by atoms with Gasteiger partial charge in [0.15, 0.2) is 6.61 Å². The van der Waals surface area contributed by atoms with Crippen molar-refractivity contribution in [2.45, 2.75) is 6.61 Å². The molecule has 2 rings (SSSR count). The van der Waals surface area contributed by atoms with Gasteiger partial charge in [0, 0.05) is 0 Å². The van der Waals surface area contributed by atoms with E-state index >= 15 is 0 Å². The number of halogens is 1. The van der Waals surface area contributed by atoms with Crippen LogP contribution in [0.25, 0.3) is 0 Å². The predicted octanol–water partition coefficient (Wildman–Crippen LogP) is 1.08. The number of nitrogens with zero attached hydrogens (tertiary/aromatic N) is 4. The molecule has 0 aliphatic carbocycles. The van der Waals surface area contributed by atoms with Crippen LogP contribution >= 0.6 is 23.8 Å². The Morgan fingerprint density at radius 3 is 2.94 bits per heavy atom. The summed E-state index contributed by atoms with van der Waals surface area (Å²) in [6, 6.07) is 5.18. The van der Waals surface area contributed by atoms with Crippen LogP contribution in [-0.4, -0.2) is 25.2 Å². The van der Waals surface area contributed by atoms with E-state index in [1.165, 1.54) is 4.80 Å². The molecule has 0 bridgehead atoms. The molecule has 0 atom stereocenters. The molecule has 2 aromatic rings. The Hall–Kier alpha value is -1.73. The molecule has 0 unspecified atom stereocenters. The fourth-order valence-electron chi connectivity index (χ4n) is 1.39. The van der Waals surface area contributed by atoms with E-state index < -0.39 is 0 Å². The lowest BCUT2D eigenvalue weighted by atomic mass is 10.2. The predicted molar refractivity (Wildman–Crippen MR) is 70.5 cm³/mol. The summed E-state index contributed by atoms with van der Waals surface area (Å²) in [4.78, 5) is 1.54. The van der Waals surface area contributed by atoms with Crippen LogP contribution in [-0.2, 0) is 13.7 Å². The van der Waals surface area contributed by atoms with Gasteiger partial charge in [-0.15, -0.1) is 10.2 Å². The maximum atomic E-state index is 6.02. The van der Waals surface area contributed by atoms with E-state index in [0.29, 0.717) is 22.2 Å². The average Bonchev–Trinajstić information content (AvgIpc) is 2.72. The molecular formula is C10H10ClN5OS. The van der Waals surface area contributed by atoms with Crippen LogP contribution in [0.5, 0.6) is 5.75 Å². The number of nitrogens with two attached hydrogens (primary N) is 1. The third-order valence-corrected chi connectivity index (χ3v) is 2.65. The number of tetrazole rings is 1. The standard InChI is InChI=1S/C10H10ClN5OS/c1-16-14-8(13-15-16)5-17-7-4-2-3-6(11)9(7)10(12)18/h2-4H,5H2,1H3,(H2,12,18). The molecule has 2 N–H and O–H groups in total. The van der Waals surface area contributed by atoms with Crippen molar-refractivity contribution >= 4 is 28.8 Å². The van der Waals surface area contributed by atoms with Crippen molar-refractivity contribution < 1.29 is 4.74 Å². The van der Waals surface area contributed by atoms with E-state index in [-0.39, 0.29) is 11.6 Å². The van der Waals surface area contributed by atoms with Crippen molar-refractivity contribution in [3.05, 3.63) is 34.6 Å².